The molecule has 0 radical (unpaired) electrons. The van der Waals surface area contributed by atoms with Crippen molar-refractivity contribution in [2.45, 2.75) is 38.6 Å². The molecule has 0 unspecified atom stereocenters. The van der Waals surface area contributed by atoms with Gasteiger partial charge in [0.15, 0.2) is 5.78 Å². The van der Waals surface area contributed by atoms with Gasteiger partial charge in [-0.25, -0.2) is 0 Å². The Morgan fingerprint density at radius 1 is 0.967 bits per heavy atom. The molecule has 0 fully saturated rings. The molecule has 0 aliphatic heterocycles. The quantitative estimate of drug-likeness (QED) is 0.321. The van der Waals surface area contributed by atoms with Crippen molar-refractivity contribution in [3.63, 3.8) is 0 Å². The Morgan fingerprint density at radius 2 is 1.63 bits per heavy atom. The van der Waals surface area contributed by atoms with Gasteiger partial charge in [0.1, 0.15) is 5.75 Å². The molecule has 0 bridgehead atoms. The second-order valence-electron chi connectivity index (χ2n) is 7.40. The summed E-state index contributed by atoms with van der Waals surface area (Å²) in [6.45, 7) is 2.21. The smallest absolute Gasteiger partial charge is 0.165 e. The van der Waals surface area contributed by atoms with Gasteiger partial charge in [0.05, 0.1) is 13.2 Å². The number of Topliss-reactive ketones (excluding diaryl/α,β-unsaturated/α-hetero) is 1. The summed E-state index contributed by atoms with van der Waals surface area (Å²) in [5, 5.41) is 3.56. The Bertz CT molecular complexity index is 934. The maximum absolute atomic E-state index is 13.0. The van der Waals surface area contributed by atoms with Gasteiger partial charge in [-0.15, -0.1) is 0 Å². The topological polar surface area (TPSA) is 38.3 Å². The molecular formula is C26H28BrNO2. The van der Waals surface area contributed by atoms with Crippen molar-refractivity contribution in [2.75, 3.05) is 12.4 Å². The summed E-state index contributed by atoms with van der Waals surface area (Å²) in [4.78, 5) is 13.0. The number of hydrogen-bond donors (Lipinski definition) is 1. The number of rotatable bonds is 10. The fourth-order valence-electron chi connectivity index (χ4n) is 3.38. The van der Waals surface area contributed by atoms with Gasteiger partial charge in [-0.2, -0.15) is 0 Å². The minimum atomic E-state index is -0.116. The minimum absolute atomic E-state index is 0.0950. The number of carbonyl (C=O) groups is 1. The molecule has 0 amide bonds. The van der Waals surface area contributed by atoms with Crippen LogP contribution in [0.25, 0.3) is 0 Å². The summed E-state index contributed by atoms with van der Waals surface area (Å²) >= 11 is 3.49. The Morgan fingerprint density at radius 3 is 2.23 bits per heavy atom. The van der Waals surface area contributed by atoms with Crippen LogP contribution in [0.4, 0.5) is 5.69 Å². The molecule has 0 aliphatic rings. The van der Waals surface area contributed by atoms with E-state index in [0.29, 0.717) is 12.0 Å². The molecule has 3 rings (SSSR count). The zero-order valence-electron chi connectivity index (χ0n) is 17.5. The van der Waals surface area contributed by atoms with E-state index in [1.165, 1.54) is 18.4 Å². The highest BCUT2D eigenvalue weighted by molar-refractivity contribution is 9.10. The summed E-state index contributed by atoms with van der Waals surface area (Å²) in [7, 11) is 1.62. The lowest BCUT2D eigenvalue weighted by Gasteiger charge is -2.20. The van der Waals surface area contributed by atoms with Crippen LogP contribution >= 0.6 is 15.9 Å². The summed E-state index contributed by atoms with van der Waals surface area (Å²) < 4.78 is 6.22. The molecule has 3 nitrogen and oxygen atoms in total. The molecular weight excluding hydrogens is 438 g/mol. The molecule has 0 aromatic heterocycles. The van der Waals surface area contributed by atoms with Gasteiger partial charge < -0.3 is 10.1 Å². The minimum Gasteiger partial charge on any atom is -0.497 e. The number of methoxy groups -OCH3 is 1. The van der Waals surface area contributed by atoms with Crippen LogP contribution in [-0.4, -0.2) is 12.9 Å². The van der Waals surface area contributed by atoms with Crippen LogP contribution in [0.5, 0.6) is 5.75 Å². The van der Waals surface area contributed by atoms with Gasteiger partial charge >= 0.3 is 0 Å². The van der Waals surface area contributed by atoms with Crippen molar-refractivity contribution in [1.29, 1.82) is 0 Å². The summed E-state index contributed by atoms with van der Waals surface area (Å²) in [6.07, 6.45) is 3.86. The first kappa shape index (κ1) is 22.1. The third kappa shape index (κ3) is 6.20. The summed E-state index contributed by atoms with van der Waals surface area (Å²) in [6, 6.07) is 23.9. The number of halogens is 1. The molecule has 3 aromatic rings. The monoisotopic (exact) mass is 465 g/mol. The Hall–Kier alpha value is -2.59. The van der Waals surface area contributed by atoms with Crippen LogP contribution in [0.2, 0.25) is 0 Å². The van der Waals surface area contributed by atoms with Crippen LogP contribution in [0.15, 0.2) is 77.3 Å². The van der Waals surface area contributed by atoms with Crippen LogP contribution in [0.1, 0.15) is 53.7 Å². The van der Waals surface area contributed by atoms with Gasteiger partial charge in [0, 0.05) is 22.1 Å². The van der Waals surface area contributed by atoms with Crippen LogP contribution in [0, 0.1) is 0 Å². The van der Waals surface area contributed by atoms with Gasteiger partial charge in [0.25, 0.3) is 0 Å². The first-order chi connectivity index (χ1) is 14.6. The molecule has 0 saturated carbocycles. The van der Waals surface area contributed by atoms with Gasteiger partial charge in [0.2, 0.25) is 0 Å². The van der Waals surface area contributed by atoms with Gasteiger partial charge in [-0.05, 0) is 72.5 Å². The third-order valence-corrected chi connectivity index (χ3v) is 5.72. The molecule has 0 saturated heterocycles. The number of aryl methyl sites for hydroxylation is 1. The maximum atomic E-state index is 13.0. The summed E-state index contributed by atoms with van der Waals surface area (Å²) in [5.41, 5.74) is 4.13. The average molecular weight is 466 g/mol. The molecule has 0 spiro atoms. The van der Waals surface area contributed by atoms with E-state index < -0.39 is 0 Å². The van der Waals surface area contributed by atoms with Gasteiger partial charge in [-0.3, -0.25) is 4.79 Å². The van der Waals surface area contributed by atoms with E-state index in [4.69, 9.17) is 4.74 Å². The Labute approximate surface area is 187 Å². The molecule has 0 heterocycles. The predicted octanol–water partition coefficient (Wildman–Crippen LogP) is 7.23. The first-order valence-electron chi connectivity index (χ1n) is 10.4. The largest absolute Gasteiger partial charge is 0.497 e. The third-order valence-electron chi connectivity index (χ3n) is 5.19. The predicted molar refractivity (Wildman–Crippen MR) is 128 cm³/mol. The highest BCUT2D eigenvalue weighted by Gasteiger charge is 2.18. The lowest BCUT2D eigenvalue weighted by molar-refractivity contribution is 0.0976. The van der Waals surface area contributed by atoms with Crippen LogP contribution in [-0.2, 0) is 6.42 Å². The first-order valence-corrected chi connectivity index (χ1v) is 11.2. The highest BCUT2D eigenvalue weighted by Crippen LogP contribution is 2.27. The van der Waals surface area contributed by atoms with E-state index >= 15 is 0 Å². The van der Waals surface area contributed by atoms with Crippen molar-refractivity contribution in [3.05, 3.63) is 94.0 Å². The number of hydrogen-bond acceptors (Lipinski definition) is 3. The zero-order valence-corrected chi connectivity index (χ0v) is 19.1. The molecule has 156 valence electrons. The highest BCUT2D eigenvalue weighted by atomic mass is 79.9. The molecule has 30 heavy (non-hydrogen) atoms. The molecule has 3 aromatic carbocycles. The zero-order chi connectivity index (χ0) is 21.3. The number of carbonyl (C=O) groups excluding carboxylic acids is 1. The van der Waals surface area contributed by atoms with Crippen LogP contribution < -0.4 is 10.1 Å². The molecule has 4 heteroatoms. The maximum Gasteiger partial charge on any atom is 0.165 e. The van der Waals surface area contributed by atoms with E-state index in [9.17, 15) is 4.79 Å². The SMILES string of the molecule is CCCCc1ccc(N[C@@H](CC(=O)c2ccc(OC)cc2)c2ccc(Br)cc2)cc1. The second kappa shape index (κ2) is 11.0. The van der Waals surface area contributed by atoms with E-state index in [-0.39, 0.29) is 11.8 Å². The van der Waals surface area contributed by atoms with Crippen LogP contribution in [0.3, 0.4) is 0 Å². The summed E-state index contributed by atoms with van der Waals surface area (Å²) in [5.74, 6) is 0.843. The average Bonchev–Trinajstić information content (AvgIpc) is 2.78. The van der Waals surface area contributed by atoms with E-state index in [1.54, 1.807) is 7.11 Å². The standard InChI is InChI=1S/C26H28BrNO2/c1-3-4-5-19-6-14-23(15-7-19)28-25(20-8-12-22(27)13-9-20)18-26(29)21-10-16-24(30-2)17-11-21/h6-17,25,28H,3-5,18H2,1-2H3/t25-/m0/s1. The van der Waals surface area contributed by atoms with Crippen molar-refractivity contribution >= 4 is 27.4 Å². The van der Waals surface area contributed by atoms with Crippen molar-refractivity contribution < 1.29 is 9.53 Å². The number of ketones is 1. The van der Waals surface area contributed by atoms with E-state index in [2.05, 4.69) is 64.6 Å². The molecule has 0 aliphatic carbocycles. The number of anilines is 1. The Kier molecular flexibility index (Phi) is 8.09. The normalized spacial score (nSPS) is 11.7. The lowest BCUT2D eigenvalue weighted by atomic mass is 9.97. The lowest BCUT2D eigenvalue weighted by Crippen LogP contribution is -2.16. The fourth-order valence-corrected chi connectivity index (χ4v) is 3.64. The van der Waals surface area contributed by atoms with E-state index in [0.717, 1.165) is 27.9 Å². The number of ether oxygens (including phenoxy) is 1. The number of unbranched alkanes of at least 4 members (excludes halogenated alkanes) is 1. The van der Waals surface area contributed by atoms with Gasteiger partial charge in [-0.1, -0.05) is 53.5 Å². The van der Waals surface area contributed by atoms with E-state index in [1.807, 2.05) is 36.4 Å². The number of benzene rings is 3. The second-order valence-corrected chi connectivity index (χ2v) is 8.32. The Balaban J connectivity index is 1.77. The molecule has 1 atom stereocenters. The number of nitrogens with one attached hydrogen (secondary N) is 1. The van der Waals surface area contributed by atoms with Crippen molar-refractivity contribution in [3.8, 4) is 5.75 Å². The fraction of sp³-hybridized carbons (Fsp3) is 0.269. The van der Waals surface area contributed by atoms with Crippen molar-refractivity contribution in [2.24, 2.45) is 0 Å². The van der Waals surface area contributed by atoms with Crippen molar-refractivity contribution in [1.82, 2.24) is 0 Å². The molecule has 1 N–H and O–H groups in total.